The lowest BCUT2D eigenvalue weighted by molar-refractivity contribution is -0.137. The van der Waals surface area contributed by atoms with Gasteiger partial charge in [-0.15, -0.1) is 10.2 Å². The Morgan fingerprint density at radius 3 is 2.71 bits per heavy atom. The molecule has 0 spiro atoms. The molecule has 5 rings (SSSR count). The molecule has 4 aromatic rings. The van der Waals surface area contributed by atoms with Crippen molar-refractivity contribution in [2.75, 3.05) is 5.73 Å². The van der Waals surface area contributed by atoms with E-state index in [9.17, 15) is 13.2 Å². The van der Waals surface area contributed by atoms with Gasteiger partial charge < -0.3 is 5.73 Å². The van der Waals surface area contributed by atoms with Gasteiger partial charge in [0.25, 0.3) is 0 Å². The zero-order valence-corrected chi connectivity index (χ0v) is 16.0. The second kappa shape index (κ2) is 7.04. The molecule has 8 nitrogen and oxygen atoms in total. The Morgan fingerprint density at radius 1 is 1.03 bits per heavy atom. The summed E-state index contributed by atoms with van der Waals surface area (Å²) in [5.74, 6) is 1.65. The second-order valence-corrected chi connectivity index (χ2v) is 6.99. The number of aromatic nitrogens is 6. The van der Waals surface area contributed by atoms with Gasteiger partial charge in [-0.25, -0.2) is 14.3 Å². The normalized spacial score (nSPS) is 13.7. The van der Waals surface area contributed by atoms with E-state index in [1.807, 2.05) is 0 Å². The van der Waals surface area contributed by atoms with Gasteiger partial charge in [0.05, 0.1) is 5.56 Å². The molecule has 0 atom stereocenters. The lowest BCUT2D eigenvalue weighted by Gasteiger charge is -2.12. The first kappa shape index (κ1) is 19.0. The summed E-state index contributed by atoms with van der Waals surface area (Å²) < 4.78 is 43.0. The van der Waals surface area contributed by atoms with Crippen LogP contribution >= 0.6 is 0 Å². The van der Waals surface area contributed by atoms with Crippen LogP contribution in [0.15, 0.2) is 60.2 Å². The largest absolute Gasteiger partial charge is 0.416 e. The maximum atomic E-state index is 13.3. The molecule has 0 saturated carbocycles. The highest BCUT2D eigenvalue weighted by molar-refractivity contribution is 5.89. The van der Waals surface area contributed by atoms with Crippen molar-refractivity contribution in [3.8, 4) is 22.4 Å². The van der Waals surface area contributed by atoms with E-state index in [0.29, 0.717) is 46.9 Å². The number of benzene rings is 1. The third kappa shape index (κ3) is 3.54. The molecule has 0 radical (unpaired) electrons. The molecule has 2 N–H and O–H groups in total. The Balaban J connectivity index is 1.67. The number of halogens is 3. The van der Waals surface area contributed by atoms with Crippen molar-refractivity contribution in [3.05, 3.63) is 66.5 Å². The van der Waals surface area contributed by atoms with E-state index >= 15 is 0 Å². The quantitative estimate of drug-likeness (QED) is 0.531. The van der Waals surface area contributed by atoms with E-state index in [4.69, 9.17) is 5.73 Å². The Bertz CT molecular complexity index is 1300. The number of pyridine rings is 1. The molecule has 4 heterocycles. The van der Waals surface area contributed by atoms with E-state index in [2.05, 4.69) is 25.4 Å². The van der Waals surface area contributed by atoms with Crippen LogP contribution in [0.3, 0.4) is 0 Å². The summed E-state index contributed by atoms with van der Waals surface area (Å²) in [5.41, 5.74) is 7.10. The summed E-state index contributed by atoms with van der Waals surface area (Å²) >= 11 is 0. The number of aryl methyl sites for hydroxylation is 1. The highest BCUT2D eigenvalue weighted by Gasteiger charge is 2.31. The van der Waals surface area contributed by atoms with Gasteiger partial charge in [0.2, 0.25) is 0 Å². The standard InChI is InChI=1S/C20H15F3N8/c21-20(22,23)14-3-1-2-13(8-14)19-15(12-6-7-25-16(24)9-12)10-30(29-19)18-5-4-17-27-26-11-31(17)28-18/h1-3,6-11H,4-5H2,(H2,24,25). The summed E-state index contributed by atoms with van der Waals surface area (Å²) in [4.78, 5) is 3.99. The monoisotopic (exact) mass is 424 g/mol. The van der Waals surface area contributed by atoms with E-state index < -0.39 is 11.7 Å². The molecule has 1 aromatic carbocycles. The highest BCUT2D eigenvalue weighted by atomic mass is 19.4. The molecule has 11 heteroatoms. The number of alkyl halides is 3. The minimum Gasteiger partial charge on any atom is -0.384 e. The molecule has 0 amide bonds. The lowest BCUT2D eigenvalue weighted by atomic mass is 10.0. The van der Waals surface area contributed by atoms with Crippen molar-refractivity contribution in [1.82, 2.24) is 29.6 Å². The maximum absolute atomic E-state index is 13.3. The smallest absolute Gasteiger partial charge is 0.384 e. The van der Waals surface area contributed by atoms with Gasteiger partial charge in [-0.1, -0.05) is 12.1 Å². The first-order valence-electron chi connectivity index (χ1n) is 9.35. The van der Waals surface area contributed by atoms with Crippen LogP contribution in [0.1, 0.15) is 17.8 Å². The lowest BCUT2D eigenvalue weighted by Crippen LogP contribution is -2.20. The fourth-order valence-electron chi connectivity index (χ4n) is 3.45. The van der Waals surface area contributed by atoms with Crippen LogP contribution in [0, 0.1) is 0 Å². The van der Waals surface area contributed by atoms with Crippen LogP contribution in [0.4, 0.5) is 19.0 Å². The van der Waals surface area contributed by atoms with Crippen LogP contribution in [-0.2, 0) is 12.6 Å². The predicted octanol–water partition coefficient (Wildman–Crippen LogP) is 3.46. The first-order chi connectivity index (χ1) is 14.9. The summed E-state index contributed by atoms with van der Waals surface area (Å²) in [6.07, 6.45) is 1.49. The van der Waals surface area contributed by atoms with Crippen molar-refractivity contribution in [3.63, 3.8) is 0 Å². The van der Waals surface area contributed by atoms with Gasteiger partial charge >= 0.3 is 6.18 Å². The molecule has 0 saturated heterocycles. The first-order valence-corrected chi connectivity index (χ1v) is 9.35. The second-order valence-electron chi connectivity index (χ2n) is 6.99. The van der Waals surface area contributed by atoms with Crippen LogP contribution in [-0.4, -0.2) is 35.5 Å². The fraction of sp³-hybridized carbons (Fsp3) is 0.150. The predicted molar refractivity (Wildman–Crippen MR) is 107 cm³/mol. The van der Waals surface area contributed by atoms with Crippen LogP contribution in [0.2, 0.25) is 0 Å². The number of anilines is 1. The van der Waals surface area contributed by atoms with Crippen LogP contribution in [0.25, 0.3) is 22.4 Å². The van der Waals surface area contributed by atoms with Crippen molar-refractivity contribution in [2.24, 2.45) is 5.10 Å². The van der Waals surface area contributed by atoms with Crippen molar-refractivity contribution >= 4 is 11.7 Å². The molecule has 1 aliphatic heterocycles. The average Bonchev–Trinajstić information content (AvgIpc) is 3.40. The molecule has 31 heavy (non-hydrogen) atoms. The van der Waals surface area contributed by atoms with Crippen molar-refractivity contribution in [1.29, 1.82) is 0 Å². The molecule has 156 valence electrons. The molecule has 0 fully saturated rings. The fourth-order valence-corrected chi connectivity index (χ4v) is 3.45. The number of hydrogen-bond acceptors (Lipinski definition) is 6. The van der Waals surface area contributed by atoms with Gasteiger partial charge in [-0.3, -0.25) is 0 Å². The summed E-state index contributed by atoms with van der Waals surface area (Å²) in [5, 5.41) is 16.9. The van der Waals surface area contributed by atoms with Crippen LogP contribution in [0.5, 0.6) is 0 Å². The minimum absolute atomic E-state index is 0.296. The van der Waals surface area contributed by atoms with Crippen molar-refractivity contribution in [2.45, 2.75) is 19.0 Å². The molecular weight excluding hydrogens is 409 g/mol. The Kier molecular flexibility index (Phi) is 4.31. The number of nitrogens with zero attached hydrogens (tertiary/aromatic N) is 7. The van der Waals surface area contributed by atoms with Gasteiger partial charge in [-0.2, -0.15) is 23.4 Å². The summed E-state index contributed by atoms with van der Waals surface area (Å²) in [6.45, 7) is 0. The summed E-state index contributed by atoms with van der Waals surface area (Å²) in [6, 6.07) is 8.46. The third-order valence-electron chi connectivity index (χ3n) is 4.93. The molecule has 0 aliphatic carbocycles. The topological polar surface area (TPSA) is 99.8 Å². The van der Waals surface area contributed by atoms with Gasteiger partial charge in [0.15, 0.2) is 11.7 Å². The van der Waals surface area contributed by atoms with E-state index in [1.54, 1.807) is 40.0 Å². The van der Waals surface area contributed by atoms with Crippen LogP contribution < -0.4 is 5.73 Å². The molecule has 1 aliphatic rings. The van der Waals surface area contributed by atoms with E-state index in [0.717, 1.165) is 18.0 Å². The number of rotatable bonds is 2. The number of hydrogen-bond donors (Lipinski definition) is 1. The van der Waals surface area contributed by atoms with Gasteiger partial charge in [0, 0.05) is 36.4 Å². The highest BCUT2D eigenvalue weighted by Crippen LogP contribution is 2.36. The van der Waals surface area contributed by atoms with Crippen molar-refractivity contribution < 1.29 is 13.2 Å². The number of nitrogens with two attached hydrogens (primary N) is 1. The van der Waals surface area contributed by atoms with E-state index in [-0.39, 0.29) is 0 Å². The van der Waals surface area contributed by atoms with Gasteiger partial charge in [-0.05, 0) is 29.8 Å². The molecular formula is C20H15F3N8. The molecule has 0 unspecified atom stereocenters. The maximum Gasteiger partial charge on any atom is 0.416 e. The third-order valence-corrected chi connectivity index (χ3v) is 4.93. The van der Waals surface area contributed by atoms with E-state index in [1.165, 1.54) is 12.4 Å². The average molecular weight is 424 g/mol. The Hall–Kier alpha value is -4.02. The summed E-state index contributed by atoms with van der Waals surface area (Å²) in [7, 11) is 0. The number of nitrogen functional groups attached to an aromatic ring is 1. The number of fused-ring (bicyclic) bond motifs is 1. The SMILES string of the molecule is Nc1cc(-c2cn(C3=Nn4cnnc4CC3)nc2-c2cccc(C(F)(F)F)c2)ccn1. The Labute approximate surface area is 173 Å². The Morgan fingerprint density at radius 2 is 1.90 bits per heavy atom. The zero-order chi connectivity index (χ0) is 21.6. The zero-order valence-electron chi connectivity index (χ0n) is 16.0. The molecule has 3 aromatic heterocycles. The minimum atomic E-state index is -4.46. The van der Waals surface area contributed by atoms with Gasteiger partial charge in [0.1, 0.15) is 17.8 Å². The molecule has 0 bridgehead atoms.